The van der Waals surface area contributed by atoms with Crippen molar-refractivity contribution in [1.29, 1.82) is 0 Å². The van der Waals surface area contributed by atoms with Crippen molar-refractivity contribution < 1.29 is 9.63 Å². The number of hydrogen-bond donors (Lipinski definition) is 2. The molecule has 1 saturated carbocycles. The van der Waals surface area contributed by atoms with Gasteiger partial charge in [-0.2, -0.15) is 0 Å². The van der Waals surface area contributed by atoms with Gasteiger partial charge < -0.3 is 4.98 Å². The lowest BCUT2D eigenvalue weighted by Gasteiger charge is -2.06. The predicted octanol–water partition coefficient (Wildman–Crippen LogP) is 1.21. The molecule has 1 aliphatic carbocycles. The molecule has 0 bridgehead atoms. The Morgan fingerprint density at radius 3 is 2.95 bits per heavy atom. The molecule has 0 radical (unpaired) electrons. The lowest BCUT2D eigenvalue weighted by Crippen LogP contribution is -2.27. The second-order valence-corrected chi connectivity index (χ2v) is 5.28. The van der Waals surface area contributed by atoms with E-state index in [4.69, 9.17) is 4.84 Å². The summed E-state index contributed by atoms with van der Waals surface area (Å²) < 4.78 is 0. The number of nitrogens with one attached hydrogen (secondary N) is 2. The summed E-state index contributed by atoms with van der Waals surface area (Å²) in [6.45, 7) is 2.02. The van der Waals surface area contributed by atoms with Crippen molar-refractivity contribution in [1.82, 2.24) is 20.4 Å². The van der Waals surface area contributed by atoms with E-state index in [1.807, 2.05) is 19.1 Å². The van der Waals surface area contributed by atoms with Crippen LogP contribution in [-0.4, -0.2) is 20.9 Å². The number of hydrogen-bond acceptors (Lipinski definition) is 5. The Morgan fingerprint density at radius 1 is 1.41 bits per heavy atom. The summed E-state index contributed by atoms with van der Waals surface area (Å²) in [6.07, 6.45) is 1.98. The molecule has 0 atom stereocenters. The minimum absolute atomic E-state index is 0.0582. The fraction of sp³-hybridized carbons (Fsp3) is 0.333. The van der Waals surface area contributed by atoms with Gasteiger partial charge in [-0.05, 0) is 31.9 Å². The van der Waals surface area contributed by atoms with Crippen molar-refractivity contribution in [3.8, 4) is 0 Å². The number of aromatic nitrogens is 3. The van der Waals surface area contributed by atoms with Crippen molar-refractivity contribution in [2.45, 2.75) is 32.3 Å². The summed E-state index contributed by atoms with van der Waals surface area (Å²) in [6, 6.07) is 6.70. The molecule has 2 N–H and O–H groups in total. The standard InChI is InChI=1S/C15H16N4O3/c1-9-3-2-4-11(16-9)8-22-19-15(21)12-7-13(20)18-14(17-12)10-5-6-10/h2-4,7,10H,5-6,8H2,1H3,(H,19,21)(H,17,18,20). The Labute approximate surface area is 126 Å². The van der Waals surface area contributed by atoms with E-state index in [0.29, 0.717) is 11.5 Å². The van der Waals surface area contributed by atoms with E-state index in [1.54, 1.807) is 6.07 Å². The average molecular weight is 300 g/mol. The molecule has 0 unspecified atom stereocenters. The van der Waals surface area contributed by atoms with Crippen LogP contribution in [0.5, 0.6) is 0 Å². The van der Waals surface area contributed by atoms with Gasteiger partial charge in [0.25, 0.3) is 11.5 Å². The normalized spacial score (nSPS) is 13.9. The lowest BCUT2D eigenvalue weighted by atomic mass is 10.3. The minimum Gasteiger partial charge on any atom is -0.310 e. The van der Waals surface area contributed by atoms with Gasteiger partial charge in [0.15, 0.2) is 0 Å². The third-order valence-electron chi connectivity index (χ3n) is 3.29. The zero-order valence-electron chi connectivity index (χ0n) is 12.1. The van der Waals surface area contributed by atoms with Gasteiger partial charge in [0.2, 0.25) is 0 Å². The maximum absolute atomic E-state index is 12.0. The predicted molar refractivity (Wildman–Crippen MR) is 78.1 cm³/mol. The molecule has 7 nitrogen and oxygen atoms in total. The van der Waals surface area contributed by atoms with Crippen molar-refractivity contribution in [2.75, 3.05) is 0 Å². The fourth-order valence-electron chi connectivity index (χ4n) is 2.05. The molecule has 2 heterocycles. The Hall–Kier alpha value is -2.54. The van der Waals surface area contributed by atoms with Gasteiger partial charge in [-0.25, -0.2) is 10.5 Å². The van der Waals surface area contributed by atoms with Crippen LogP contribution in [0.4, 0.5) is 0 Å². The van der Waals surface area contributed by atoms with Gasteiger partial charge in [-0.1, -0.05) is 6.07 Å². The summed E-state index contributed by atoms with van der Waals surface area (Å²) in [7, 11) is 0. The van der Waals surface area contributed by atoms with Gasteiger partial charge in [-0.3, -0.25) is 19.4 Å². The van der Waals surface area contributed by atoms with Crippen LogP contribution in [0.25, 0.3) is 0 Å². The summed E-state index contributed by atoms with van der Waals surface area (Å²) in [5.41, 5.74) is 3.59. The largest absolute Gasteiger partial charge is 0.310 e. The lowest BCUT2D eigenvalue weighted by molar-refractivity contribution is 0.0217. The van der Waals surface area contributed by atoms with Crippen LogP contribution in [0.15, 0.2) is 29.1 Å². The van der Waals surface area contributed by atoms with Crippen molar-refractivity contribution in [2.24, 2.45) is 0 Å². The van der Waals surface area contributed by atoms with Gasteiger partial charge in [0.1, 0.15) is 18.1 Å². The highest BCUT2D eigenvalue weighted by atomic mass is 16.6. The first-order valence-electron chi connectivity index (χ1n) is 7.08. The Kier molecular flexibility index (Phi) is 3.97. The van der Waals surface area contributed by atoms with Gasteiger partial charge >= 0.3 is 0 Å². The number of pyridine rings is 1. The molecule has 7 heteroatoms. The molecule has 1 fully saturated rings. The number of carbonyl (C=O) groups excluding carboxylic acids is 1. The van der Waals surface area contributed by atoms with Gasteiger partial charge in [0.05, 0.1) is 5.69 Å². The number of aryl methyl sites for hydroxylation is 1. The molecule has 0 spiro atoms. The summed E-state index contributed by atoms with van der Waals surface area (Å²) in [5, 5.41) is 0. The minimum atomic E-state index is -0.541. The highest BCUT2D eigenvalue weighted by Gasteiger charge is 2.27. The molecule has 22 heavy (non-hydrogen) atoms. The SMILES string of the molecule is Cc1cccc(CONC(=O)c2cc(=O)[nH]c(C3CC3)n2)n1. The first-order chi connectivity index (χ1) is 10.6. The maximum Gasteiger partial charge on any atom is 0.293 e. The summed E-state index contributed by atoms with van der Waals surface area (Å²) in [4.78, 5) is 39.7. The van der Waals surface area contributed by atoms with Crippen LogP contribution < -0.4 is 11.0 Å². The van der Waals surface area contributed by atoms with E-state index in [1.165, 1.54) is 0 Å². The smallest absolute Gasteiger partial charge is 0.293 e. The third-order valence-corrected chi connectivity index (χ3v) is 3.29. The van der Waals surface area contributed by atoms with Gasteiger partial charge in [-0.15, -0.1) is 0 Å². The monoisotopic (exact) mass is 300 g/mol. The van der Waals surface area contributed by atoms with Crippen LogP contribution in [-0.2, 0) is 11.4 Å². The van der Waals surface area contributed by atoms with E-state index in [0.717, 1.165) is 24.6 Å². The molecule has 3 rings (SSSR count). The first kappa shape index (κ1) is 14.4. The molecule has 2 aromatic heterocycles. The van der Waals surface area contributed by atoms with E-state index >= 15 is 0 Å². The van der Waals surface area contributed by atoms with Crippen LogP contribution >= 0.6 is 0 Å². The second-order valence-electron chi connectivity index (χ2n) is 5.28. The third kappa shape index (κ3) is 3.56. The quantitative estimate of drug-likeness (QED) is 0.809. The van der Waals surface area contributed by atoms with E-state index in [-0.39, 0.29) is 23.8 Å². The number of nitrogens with zero attached hydrogens (tertiary/aromatic N) is 2. The molecular weight excluding hydrogens is 284 g/mol. The zero-order valence-corrected chi connectivity index (χ0v) is 12.1. The molecule has 114 valence electrons. The summed E-state index contributed by atoms with van der Waals surface area (Å²) in [5.74, 6) is 0.288. The highest BCUT2D eigenvalue weighted by molar-refractivity contribution is 5.91. The Morgan fingerprint density at radius 2 is 2.23 bits per heavy atom. The summed E-state index contributed by atoms with van der Waals surface area (Å²) >= 11 is 0. The van der Waals surface area contributed by atoms with Gasteiger partial charge in [0, 0.05) is 17.7 Å². The van der Waals surface area contributed by atoms with Crippen LogP contribution in [0.3, 0.4) is 0 Å². The Bertz CT molecular complexity index is 752. The second kappa shape index (κ2) is 6.07. The number of hydroxylamine groups is 1. The number of rotatable bonds is 5. The number of carbonyl (C=O) groups is 1. The molecule has 2 aromatic rings. The fourth-order valence-corrected chi connectivity index (χ4v) is 2.05. The molecule has 0 saturated heterocycles. The van der Waals surface area contributed by atoms with E-state index in [2.05, 4.69) is 20.4 Å². The number of amides is 1. The molecular formula is C15H16N4O3. The topological polar surface area (TPSA) is 97.0 Å². The molecule has 0 aliphatic heterocycles. The number of H-pyrrole nitrogens is 1. The molecule has 1 amide bonds. The first-order valence-corrected chi connectivity index (χ1v) is 7.08. The Balaban J connectivity index is 1.61. The maximum atomic E-state index is 12.0. The highest BCUT2D eigenvalue weighted by Crippen LogP contribution is 2.37. The van der Waals surface area contributed by atoms with Crippen molar-refractivity contribution >= 4 is 5.91 Å². The zero-order chi connectivity index (χ0) is 15.5. The van der Waals surface area contributed by atoms with Crippen LogP contribution in [0.2, 0.25) is 0 Å². The number of aromatic amines is 1. The van der Waals surface area contributed by atoms with E-state index < -0.39 is 5.91 Å². The molecule has 0 aromatic carbocycles. The van der Waals surface area contributed by atoms with E-state index in [9.17, 15) is 9.59 Å². The van der Waals surface area contributed by atoms with Crippen molar-refractivity contribution in [3.63, 3.8) is 0 Å². The van der Waals surface area contributed by atoms with Crippen LogP contribution in [0, 0.1) is 6.92 Å². The average Bonchev–Trinajstić information content (AvgIpc) is 3.31. The molecule has 1 aliphatic rings. The van der Waals surface area contributed by atoms with Crippen molar-refractivity contribution in [3.05, 3.63) is 57.5 Å². The van der Waals surface area contributed by atoms with Crippen LogP contribution in [0.1, 0.15) is 46.5 Å².